The van der Waals surface area contributed by atoms with Crippen LogP contribution in [0, 0.1) is 6.92 Å². The molecule has 0 bridgehead atoms. The highest BCUT2D eigenvalue weighted by Gasteiger charge is 2.13. The molecule has 0 aliphatic carbocycles. The summed E-state index contributed by atoms with van der Waals surface area (Å²) in [6.07, 6.45) is 0. The Hall–Kier alpha value is -2.07. The molecule has 1 heterocycles. The summed E-state index contributed by atoms with van der Waals surface area (Å²) in [5.74, 6) is 0.711. The third-order valence-corrected chi connectivity index (χ3v) is 3.29. The number of aromatic nitrogens is 1. The molecule has 1 amide bonds. The number of benzene rings is 1. The number of amides is 1. The third kappa shape index (κ3) is 3.95. The molecule has 4 nitrogen and oxygen atoms in total. The first-order valence-corrected chi connectivity index (χ1v) is 6.90. The highest BCUT2D eigenvalue weighted by atomic mass is 35.5. The van der Waals surface area contributed by atoms with Gasteiger partial charge in [-0.25, -0.2) is 4.98 Å². The van der Waals surface area contributed by atoms with E-state index in [-0.39, 0.29) is 5.91 Å². The van der Waals surface area contributed by atoms with Gasteiger partial charge in [0.25, 0.3) is 5.91 Å². The fourth-order valence-corrected chi connectivity index (χ4v) is 2.30. The van der Waals surface area contributed by atoms with Gasteiger partial charge in [-0.05, 0) is 36.8 Å². The molecule has 1 aromatic heterocycles. The lowest BCUT2D eigenvalue weighted by Crippen LogP contribution is -2.26. The Labute approximate surface area is 129 Å². The minimum atomic E-state index is -0.0850. The Bertz CT molecular complexity index is 621. The zero-order chi connectivity index (χ0) is 15.4. The predicted molar refractivity (Wildman–Crippen MR) is 82.8 cm³/mol. The van der Waals surface area contributed by atoms with E-state index in [1.165, 1.54) is 0 Å². The number of hydrogen-bond acceptors (Lipinski definition) is 3. The summed E-state index contributed by atoms with van der Waals surface area (Å²) in [7, 11) is 3.39. The van der Waals surface area contributed by atoms with Crippen molar-refractivity contribution in [1.29, 1.82) is 0 Å². The largest absolute Gasteiger partial charge is 0.497 e. The van der Waals surface area contributed by atoms with Crippen LogP contribution in [-0.2, 0) is 6.54 Å². The lowest BCUT2D eigenvalue weighted by molar-refractivity contribution is 0.0785. The second-order valence-electron chi connectivity index (χ2n) is 4.83. The Morgan fingerprint density at radius 1 is 1.29 bits per heavy atom. The number of carbonyl (C=O) groups is 1. The smallest absolute Gasteiger partial charge is 0.254 e. The SMILES string of the molecule is COc1ccc(CN(C)C(=O)c2cc(C)nc(Cl)c2)cc1. The molecule has 0 aliphatic heterocycles. The monoisotopic (exact) mass is 304 g/mol. The molecule has 0 N–H and O–H groups in total. The molecule has 0 aliphatic rings. The molecule has 0 radical (unpaired) electrons. The molecule has 110 valence electrons. The van der Waals surface area contributed by atoms with Gasteiger partial charge in [0.2, 0.25) is 0 Å². The molecule has 2 aromatic rings. The maximum atomic E-state index is 12.4. The second-order valence-corrected chi connectivity index (χ2v) is 5.22. The summed E-state index contributed by atoms with van der Waals surface area (Å²) in [5.41, 5.74) is 2.30. The van der Waals surface area contributed by atoms with Gasteiger partial charge < -0.3 is 9.64 Å². The lowest BCUT2D eigenvalue weighted by Gasteiger charge is -2.18. The van der Waals surface area contributed by atoms with Crippen LogP contribution in [0.4, 0.5) is 0 Å². The topological polar surface area (TPSA) is 42.4 Å². The molecular weight excluding hydrogens is 288 g/mol. The number of halogens is 1. The van der Waals surface area contributed by atoms with E-state index in [0.29, 0.717) is 17.3 Å². The first kappa shape index (κ1) is 15.3. The number of carbonyl (C=O) groups excluding carboxylic acids is 1. The van der Waals surface area contributed by atoms with E-state index >= 15 is 0 Å². The standard InChI is InChI=1S/C16H17ClN2O2/c1-11-8-13(9-15(17)18-11)16(20)19(2)10-12-4-6-14(21-3)7-5-12/h4-9H,10H2,1-3H3. The van der Waals surface area contributed by atoms with Gasteiger partial charge >= 0.3 is 0 Å². The van der Waals surface area contributed by atoms with Crippen LogP contribution < -0.4 is 4.74 Å². The molecule has 5 heteroatoms. The minimum absolute atomic E-state index is 0.0850. The maximum Gasteiger partial charge on any atom is 0.254 e. The van der Waals surface area contributed by atoms with Crippen LogP contribution in [0.2, 0.25) is 5.15 Å². The van der Waals surface area contributed by atoms with E-state index in [1.807, 2.05) is 31.2 Å². The second kappa shape index (κ2) is 6.59. The molecule has 21 heavy (non-hydrogen) atoms. The van der Waals surface area contributed by atoms with Gasteiger partial charge in [0.15, 0.2) is 0 Å². The van der Waals surface area contributed by atoms with E-state index in [4.69, 9.17) is 16.3 Å². The van der Waals surface area contributed by atoms with Crippen molar-refractivity contribution in [1.82, 2.24) is 9.88 Å². The molecule has 0 spiro atoms. The van der Waals surface area contributed by atoms with Gasteiger partial charge in [-0.3, -0.25) is 4.79 Å². The Kier molecular flexibility index (Phi) is 4.81. The first-order valence-electron chi connectivity index (χ1n) is 6.52. The van der Waals surface area contributed by atoms with Crippen LogP contribution in [0.25, 0.3) is 0 Å². The molecule has 0 saturated carbocycles. The summed E-state index contributed by atoms with van der Waals surface area (Å²) in [4.78, 5) is 18.1. The van der Waals surface area contributed by atoms with Crippen molar-refractivity contribution in [3.05, 3.63) is 58.4 Å². The highest BCUT2D eigenvalue weighted by Crippen LogP contribution is 2.15. The van der Waals surface area contributed by atoms with Crippen LogP contribution in [0.5, 0.6) is 5.75 Å². The Morgan fingerprint density at radius 2 is 1.95 bits per heavy atom. The summed E-state index contributed by atoms with van der Waals surface area (Å²) < 4.78 is 5.12. The Morgan fingerprint density at radius 3 is 2.52 bits per heavy atom. The van der Waals surface area contributed by atoms with Crippen molar-refractivity contribution in [2.75, 3.05) is 14.2 Å². The summed E-state index contributed by atoms with van der Waals surface area (Å²) >= 11 is 5.90. The summed E-state index contributed by atoms with van der Waals surface area (Å²) in [5, 5.41) is 0.330. The van der Waals surface area contributed by atoms with Crippen molar-refractivity contribution < 1.29 is 9.53 Å². The average Bonchev–Trinajstić information content (AvgIpc) is 2.46. The van der Waals surface area contributed by atoms with Crippen LogP contribution >= 0.6 is 11.6 Å². The summed E-state index contributed by atoms with van der Waals surface area (Å²) in [6, 6.07) is 10.9. The molecule has 0 saturated heterocycles. The predicted octanol–water partition coefficient (Wildman–Crippen LogP) is 3.32. The Balaban J connectivity index is 2.11. The quantitative estimate of drug-likeness (QED) is 0.814. The van der Waals surface area contributed by atoms with Crippen LogP contribution in [-0.4, -0.2) is 29.9 Å². The van der Waals surface area contributed by atoms with Crippen LogP contribution in [0.1, 0.15) is 21.6 Å². The fourth-order valence-electron chi connectivity index (χ4n) is 2.05. The number of aryl methyl sites for hydroxylation is 1. The van der Waals surface area contributed by atoms with E-state index in [1.54, 1.807) is 31.2 Å². The molecule has 0 fully saturated rings. The van der Waals surface area contributed by atoms with E-state index in [0.717, 1.165) is 17.0 Å². The van der Waals surface area contributed by atoms with Gasteiger partial charge in [-0.15, -0.1) is 0 Å². The number of hydrogen-bond donors (Lipinski definition) is 0. The van der Waals surface area contributed by atoms with Crippen molar-refractivity contribution in [3.63, 3.8) is 0 Å². The molecule has 0 atom stereocenters. The number of pyridine rings is 1. The fraction of sp³-hybridized carbons (Fsp3) is 0.250. The van der Waals surface area contributed by atoms with E-state index < -0.39 is 0 Å². The lowest BCUT2D eigenvalue weighted by atomic mass is 10.1. The summed E-state index contributed by atoms with van der Waals surface area (Å²) in [6.45, 7) is 2.33. The van der Waals surface area contributed by atoms with Crippen LogP contribution in [0.3, 0.4) is 0 Å². The van der Waals surface area contributed by atoms with Crippen molar-refractivity contribution in [2.45, 2.75) is 13.5 Å². The maximum absolute atomic E-state index is 12.4. The van der Waals surface area contributed by atoms with E-state index in [2.05, 4.69) is 4.98 Å². The molecule has 0 unspecified atom stereocenters. The first-order chi connectivity index (χ1) is 9.99. The normalized spacial score (nSPS) is 10.3. The molecule has 2 rings (SSSR count). The number of nitrogens with zero attached hydrogens (tertiary/aromatic N) is 2. The van der Waals surface area contributed by atoms with E-state index in [9.17, 15) is 4.79 Å². The van der Waals surface area contributed by atoms with Crippen molar-refractivity contribution in [2.24, 2.45) is 0 Å². The van der Waals surface area contributed by atoms with Gasteiger partial charge in [0, 0.05) is 24.8 Å². The van der Waals surface area contributed by atoms with Crippen LogP contribution in [0.15, 0.2) is 36.4 Å². The molecule has 1 aromatic carbocycles. The van der Waals surface area contributed by atoms with Crippen molar-refractivity contribution in [3.8, 4) is 5.75 Å². The zero-order valence-corrected chi connectivity index (χ0v) is 13.0. The number of ether oxygens (including phenoxy) is 1. The zero-order valence-electron chi connectivity index (χ0n) is 12.3. The van der Waals surface area contributed by atoms with Gasteiger partial charge in [0.1, 0.15) is 10.9 Å². The minimum Gasteiger partial charge on any atom is -0.497 e. The third-order valence-electron chi connectivity index (χ3n) is 3.09. The van der Waals surface area contributed by atoms with Gasteiger partial charge in [-0.2, -0.15) is 0 Å². The number of methoxy groups -OCH3 is 1. The average molecular weight is 305 g/mol. The van der Waals surface area contributed by atoms with Crippen molar-refractivity contribution >= 4 is 17.5 Å². The highest BCUT2D eigenvalue weighted by molar-refractivity contribution is 6.29. The number of rotatable bonds is 4. The van der Waals surface area contributed by atoms with Gasteiger partial charge in [0.05, 0.1) is 7.11 Å². The molecular formula is C16H17ClN2O2. The van der Waals surface area contributed by atoms with Gasteiger partial charge in [-0.1, -0.05) is 23.7 Å².